The maximum atomic E-state index is 6.42. The summed E-state index contributed by atoms with van der Waals surface area (Å²) in [6.45, 7) is 3.14. The topological polar surface area (TPSA) is 15.3 Å². The van der Waals surface area contributed by atoms with Gasteiger partial charge in [-0.05, 0) is 37.5 Å². The number of aryl methyl sites for hydroxylation is 1. The fourth-order valence-electron chi connectivity index (χ4n) is 3.37. The molecule has 0 atom stereocenters. The molecule has 1 aromatic rings. The third-order valence-electron chi connectivity index (χ3n) is 4.40. The molecule has 2 aliphatic rings. The fraction of sp³-hybridized carbons (Fsp3) is 0.571. The number of likely N-dealkylation sites (N-methyl/N-ethyl adjacent to an activating group) is 1. The third kappa shape index (κ3) is 1.61. The largest absolute Gasteiger partial charge is 0.381 e. The first-order chi connectivity index (χ1) is 8.12. The fourth-order valence-corrected chi connectivity index (χ4v) is 3.77. The predicted octanol–water partition coefficient (Wildman–Crippen LogP) is 3.82. The van der Waals surface area contributed by atoms with Crippen LogP contribution in [0.4, 0.5) is 11.4 Å². The predicted molar refractivity (Wildman–Crippen MR) is 74.3 cm³/mol. The maximum absolute atomic E-state index is 6.42. The molecule has 1 saturated carbocycles. The van der Waals surface area contributed by atoms with Crippen molar-refractivity contribution in [3.05, 3.63) is 22.7 Å². The molecule has 0 aromatic heterocycles. The van der Waals surface area contributed by atoms with Gasteiger partial charge in [0.1, 0.15) is 0 Å². The summed E-state index contributed by atoms with van der Waals surface area (Å²) in [7, 11) is 2.20. The van der Waals surface area contributed by atoms with E-state index in [2.05, 4.69) is 36.3 Å². The number of halogens is 1. The Bertz CT molecular complexity index is 450. The van der Waals surface area contributed by atoms with E-state index in [-0.39, 0.29) is 0 Å². The molecule has 2 nitrogen and oxygen atoms in total. The van der Waals surface area contributed by atoms with E-state index in [0.717, 1.165) is 11.6 Å². The number of benzene rings is 1. The number of nitrogens with zero attached hydrogens (tertiary/aromatic N) is 1. The number of anilines is 2. The molecule has 1 fully saturated rings. The molecule has 1 N–H and O–H groups in total. The Morgan fingerprint density at radius 3 is 2.71 bits per heavy atom. The van der Waals surface area contributed by atoms with Crippen molar-refractivity contribution in [1.82, 2.24) is 0 Å². The highest BCUT2D eigenvalue weighted by molar-refractivity contribution is 6.34. The van der Waals surface area contributed by atoms with Crippen LogP contribution in [0.5, 0.6) is 0 Å². The highest BCUT2D eigenvalue weighted by Gasteiger charge is 2.41. The molecule has 0 radical (unpaired) electrons. The lowest BCUT2D eigenvalue weighted by Gasteiger charge is -2.46. The van der Waals surface area contributed by atoms with Gasteiger partial charge in [-0.15, -0.1) is 0 Å². The van der Waals surface area contributed by atoms with Gasteiger partial charge in [0, 0.05) is 13.6 Å². The summed E-state index contributed by atoms with van der Waals surface area (Å²) in [6, 6.07) is 4.26. The number of fused-ring (bicyclic) bond motifs is 1. The van der Waals surface area contributed by atoms with Crippen molar-refractivity contribution >= 4 is 23.0 Å². The van der Waals surface area contributed by atoms with Gasteiger partial charge < -0.3 is 10.2 Å². The van der Waals surface area contributed by atoms with Crippen LogP contribution in [0.1, 0.15) is 31.2 Å². The van der Waals surface area contributed by atoms with Crippen LogP contribution in [0.3, 0.4) is 0 Å². The highest BCUT2D eigenvalue weighted by atomic mass is 35.5. The van der Waals surface area contributed by atoms with Crippen molar-refractivity contribution in [3.8, 4) is 0 Å². The average Bonchev–Trinajstić information content (AvgIpc) is 2.73. The molecule has 1 aliphatic carbocycles. The Kier molecular flexibility index (Phi) is 2.51. The van der Waals surface area contributed by atoms with Gasteiger partial charge in [-0.25, -0.2) is 0 Å². The first-order valence-corrected chi connectivity index (χ1v) is 6.78. The van der Waals surface area contributed by atoms with E-state index in [1.165, 1.54) is 42.6 Å². The van der Waals surface area contributed by atoms with E-state index < -0.39 is 0 Å². The van der Waals surface area contributed by atoms with Crippen LogP contribution in [0.15, 0.2) is 12.1 Å². The summed E-state index contributed by atoms with van der Waals surface area (Å²) in [5.74, 6) is 0. The molecule has 3 rings (SSSR count). The Morgan fingerprint density at radius 2 is 2.00 bits per heavy atom. The van der Waals surface area contributed by atoms with E-state index in [4.69, 9.17) is 11.6 Å². The van der Waals surface area contributed by atoms with E-state index in [0.29, 0.717) is 5.54 Å². The molecule has 0 amide bonds. The van der Waals surface area contributed by atoms with Crippen molar-refractivity contribution in [2.45, 2.75) is 38.1 Å². The smallest absolute Gasteiger partial charge is 0.0794 e. The summed E-state index contributed by atoms with van der Waals surface area (Å²) in [5, 5.41) is 4.46. The van der Waals surface area contributed by atoms with Gasteiger partial charge in [-0.3, -0.25) is 0 Å². The zero-order valence-electron chi connectivity index (χ0n) is 10.5. The van der Waals surface area contributed by atoms with E-state index in [9.17, 15) is 0 Å². The monoisotopic (exact) mass is 250 g/mol. The van der Waals surface area contributed by atoms with Gasteiger partial charge in [0.25, 0.3) is 0 Å². The maximum Gasteiger partial charge on any atom is 0.0794 e. The number of rotatable bonds is 0. The van der Waals surface area contributed by atoms with Gasteiger partial charge in [0.2, 0.25) is 0 Å². The highest BCUT2D eigenvalue weighted by Crippen LogP contribution is 2.46. The normalized spacial score (nSPS) is 21.5. The summed E-state index contributed by atoms with van der Waals surface area (Å²) in [6.07, 6.45) is 5.23. The van der Waals surface area contributed by atoms with Crippen LogP contribution in [0.25, 0.3) is 0 Å². The van der Waals surface area contributed by atoms with Crippen molar-refractivity contribution in [2.24, 2.45) is 0 Å². The second-order valence-electron chi connectivity index (χ2n) is 5.49. The summed E-state index contributed by atoms with van der Waals surface area (Å²) >= 11 is 6.42. The molecule has 1 aliphatic heterocycles. The van der Waals surface area contributed by atoms with E-state index in [1.54, 1.807) is 0 Å². The molecular weight excluding hydrogens is 232 g/mol. The SMILES string of the molecule is Cc1cc(Cl)c2c(c1)NCC1(CCCC1)N2C. The standard InChI is InChI=1S/C14H19ClN2/c1-10-7-11(15)13-12(8-10)16-9-14(17(13)2)5-3-4-6-14/h7-8,16H,3-6,9H2,1-2H3. The molecule has 3 heteroatoms. The third-order valence-corrected chi connectivity index (χ3v) is 4.68. The van der Waals surface area contributed by atoms with Gasteiger partial charge in [-0.2, -0.15) is 0 Å². The Morgan fingerprint density at radius 1 is 1.29 bits per heavy atom. The molecule has 1 spiro atoms. The molecule has 1 aromatic carbocycles. The zero-order valence-corrected chi connectivity index (χ0v) is 11.3. The summed E-state index contributed by atoms with van der Waals surface area (Å²) in [5.41, 5.74) is 3.89. The van der Waals surface area contributed by atoms with Crippen LogP contribution >= 0.6 is 11.6 Å². The van der Waals surface area contributed by atoms with Gasteiger partial charge in [-0.1, -0.05) is 24.4 Å². The van der Waals surface area contributed by atoms with Crippen LogP contribution in [0, 0.1) is 6.92 Å². The molecular formula is C14H19ClN2. The second kappa shape index (κ2) is 3.81. The molecule has 0 bridgehead atoms. The van der Waals surface area contributed by atoms with Gasteiger partial charge in [0.15, 0.2) is 0 Å². The van der Waals surface area contributed by atoms with Crippen molar-refractivity contribution in [3.63, 3.8) is 0 Å². The average molecular weight is 251 g/mol. The number of hydrogen-bond acceptors (Lipinski definition) is 2. The lowest BCUT2D eigenvalue weighted by molar-refractivity contribution is 0.429. The summed E-state index contributed by atoms with van der Waals surface area (Å²) in [4.78, 5) is 2.42. The Hall–Kier alpha value is -0.890. The Balaban J connectivity index is 2.08. The van der Waals surface area contributed by atoms with E-state index >= 15 is 0 Å². The van der Waals surface area contributed by atoms with Crippen LogP contribution in [-0.2, 0) is 0 Å². The molecule has 1 heterocycles. The van der Waals surface area contributed by atoms with Crippen LogP contribution < -0.4 is 10.2 Å². The van der Waals surface area contributed by atoms with Crippen molar-refractivity contribution < 1.29 is 0 Å². The minimum Gasteiger partial charge on any atom is -0.381 e. The van der Waals surface area contributed by atoms with Crippen molar-refractivity contribution in [2.75, 3.05) is 23.8 Å². The summed E-state index contributed by atoms with van der Waals surface area (Å²) < 4.78 is 0. The number of hydrogen-bond donors (Lipinski definition) is 1. The van der Waals surface area contributed by atoms with Gasteiger partial charge >= 0.3 is 0 Å². The molecule has 17 heavy (non-hydrogen) atoms. The lowest BCUT2D eigenvalue weighted by atomic mass is 9.91. The minimum atomic E-state index is 0.298. The molecule has 92 valence electrons. The number of nitrogens with one attached hydrogen (secondary N) is 1. The molecule has 0 saturated heterocycles. The quantitative estimate of drug-likeness (QED) is 0.753. The zero-order chi connectivity index (χ0) is 12.0. The second-order valence-corrected chi connectivity index (χ2v) is 5.89. The van der Waals surface area contributed by atoms with Crippen LogP contribution in [-0.4, -0.2) is 19.1 Å². The lowest BCUT2D eigenvalue weighted by Crippen LogP contribution is -2.52. The minimum absolute atomic E-state index is 0.298. The Labute approximate surface area is 108 Å². The van der Waals surface area contributed by atoms with Gasteiger partial charge in [0.05, 0.1) is 21.9 Å². The first kappa shape index (κ1) is 11.2. The van der Waals surface area contributed by atoms with Crippen molar-refractivity contribution in [1.29, 1.82) is 0 Å². The van der Waals surface area contributed by atoms with E-state index in [1.807, 2.05) is 0 Å². The van der Waals surface area contributed by atoms with Crippen LogP contribution in [0.2, 0.25) is 5.02 Å². The first-order valence-electron chi connectivity index (χ1n) is 6.40. The molecule has 0 unspecified atom stereocenters.